The van der Waals surface area contributed by atoms with Crippen LogP contribution in [0, 0.1) is 23.2 Å². The highest BCUT2D eigenvalue weighted by atomic mass is 16.5. The first-order valence-electron chi connectivity index (χ1n) is 15.2. The highest BCUT2D eigenvalue weighted by Crippen LogP contribution is 2.49. The molecule has 3 aromatic heterocycles. The van der Waals surface area contributed by atoms with E-state index in [9.17, 15) is 15.2 Å². The molecule has 42 heavy (non-hydrogen) atoms. The summed E-state index contributed by atoms with van der Waals surface area (Å²) in [7, 11) is 0. The summed E-state index contributed by atoms with van der Waals surface area (Å²) >= 11 is 0. The Kier molecular flexibility index (Phi) is 5.88. The van der Waals surface area contributed by atoms with E-state index in [2.05, 4.69) is 32.8 Å². The molecule has 1 saturated carbocycles. The van der Waals surface area contributed by atoms with Crippen LogP contribution in [0.4, 0.5) is 10.6 Å². The summed E-state index contributed by atoms with van der Waals surface area (Å²) in [5.41, 5.74) is 2.49. The number of pyridine rings is 2. The molecule has 218 valence electrons. The third kappa shape index (κ3) is 4.27. The van der Waals surface area contributed by atoms with Crippen molar-refractivity contribution in [3.63, 3.8) is 0 Å². The number of amides is 2. The molecule has 1 aliphatic carbocycles. The molecule has 5 saturated heterocycles. The molecule has 8 heterocycles. The van der Waals surface area contributed by atoms with E-state index < -0.39 is 5.60 Å². The van der Waals surface area contributed by atoms with E-state index in [1.165, 1.54) is 0 Å². The van der Waals surface area contributed by atoms with Gasteiger partial charge in [0.25, 0.3) is 0 Å². The number of carbonyl (C=O) groups is 1. The fourth-order valence-corrected chi connectivity index (χ4v) is 7.61. The minimum Gasteiger partial charge on any atom is -0.491 e. The van der Waals surface area contributed by atoms with Crippen LogP contribution in [0.15, 0.2) is 36.8 Å². The van der Waals surface area contributed by atoms with Crippen LogP contribution in [0.25, 0.3) is 16.6 Å². The van der Waals surface area contributed by atoms with Crippen molar-refractivity contribution in [1.29, 1.82) is 5.26 Å². The van der Waals surface area contributed by atoms with E-state index in [0.29, 0.717) is 29.8 Å². The van der Waals surface area contributed by atoms with Crippen molar-refractivity contribution in [1.82, 2.24) is 29.3 Å². The van der Waals surface area contributed by atoms with Crippen molar-refractivity contribution < 1.29 is 14.6 Å². The number of rotatable bonds is 6. The van der Waals surface area contributed by atoms with Gasteiger partial charge in [0.1, 0.15) is 24.2 Å². The van der Waals surface area contributed by atoms with Crippen molar-refractivity contribution in [2.75, 3.05) is 57.3 Å². The number of anilines is 1. The minimum absolute atomic E-state index is 0.207. The number of piperazine rings is 1. The van der Waals surface area contributed by atoms with Crippen molar-refractivity contribution in [3.05, 3.63) is 42.4 Å². The number of hydrogen-bond acceptors (Lipinski definition) is 8. The first kappa shape index (κ1) is 25.8. The molecule has 11 nitrogen and oxygen atoms in total. The summed E-state index contributed by atoms with van der Waals surface area (Å²) in [5.74, 6) is 2.58. The first-order chi connectivity index (χ1) is 20.4. The normalized spacial score (nSPS) is 29.9. The zero-order valence-electron chi connectivity index (χ0n) is 23.9. The molecule has 4 unspecified atom stereocenters. The monoisotopic (exact) mass is 568 g/mol. The average Bonchev–Trinajstić information content (AvgIpc) is 3.36. The lowest BCUT2D eigenvalue weighted by Crippen LogP contribution is -2.72. The van der Waals surface area contributed by atoms with Crippen LogP contribution < -0.4 is 9.64 Å². The molecule has 3 aromatic rings. The van der Waals surface area contributed by atoms with Crippen LogP contribution in [0.5, 0.6) is 5.75 Å². The Morgan fingerprint density at radius 2 is 2.07 bits per heavy atom. The molecule has 6 fully saturated rings. The number of ether oxygens (including phenoxy) is 1. The predicted molar refractivity (Wildman–Crippen MR) is 155 cm³/mol. The van der Waals surface area contributed by atoms with Crippen LogP contribution in [0.2, 0.25) is 0 Å². The van der Waals surface area contributed by atoms with E-state index in [0.717, 1.165) is 87.5 Å². The zero-order chi connectivity index (χ0) is 28.6. The molecule has 5 atom stereocenters. The van der Waals surface area contributed by atoms with Gasteiger partial charge in [0.15, 0.2) is 0 Å². The maximum Gasteiger partial charge on any atom is 0.320 e. The van der Waals surface area contributed by atoms with Gasteiger partial charge in [0.05, 0.1) is 41.2 Å². The van der Waals surface area contributed by atoms with E-state index in [1.807, 2.05) is 35.5 Å². The molecule has 0 radical (unpaired) electrons. The van der Waals surface area contributed by atoms with Gasteiger partial charge in [-0.15, -0.1) is 0 Å². The second-order valence-corrected chi connectivity index (χ2v) is 13.0. The standard InChI is InChI=1S/C31H36N8O3/c1-20-4-5-36(14-20)30(40)39-24-8-25(39)17-37(16-24)28-3-2-21(12-33-28)27-9-26(18-38-29(27)22(11-32)13-34-38)42-7-6-35-15-23-10-31(23,41)19-35/h2-3,9,12-13,18,20,23-25,41H,4-8,10,14-17,19H2,1H3/t20-,23?,24?,25?,31?/m1/s1. The van der Waals surface area contributed by atoms with Gasteiger partial charge in [0.2, 0.25) is 0 Å². The van der Waals surface area contributed by atoms with Gasteiger partial charge in [0, 0.05) is 69.1 Å². The number of carbonyl (C=O) groups excluding carboxylic acids is 1. The summed E-state index contributed by atoms with van der Waals surface area (Å²) in [6.45, 7) is 8.45. The van der Waals surface area contributed by atoms with E-state index >= 15 is 0 Å². The predicted octanol–water partition coefficient (Wildman–Crippen LogP) is 2.44. The lowest BCUT2D eigenvalue weighted by molar-refractivity contribution is 0.0211. The summed E-state index contributed by atoms with van der Waals surface area (Å²) in [4.78, 5) is 26.6. The molecule has 0 spiro atoms. The lowest BCUT2D eigenvalue weighted by Gasteiger charge is -2.57. The molecule has 2 bridgehead atoms. The second-order valence-electron chi connectivity index (χ2n) is 13.0. The summed E-state index contributed by atoms with van der Waals surface area (Å²) in [6, 6.07) is 8.98. The third-order valence-corrected chi connectivity index (χ3v) is 10.1. The Balaban J connectivity index is 0.971. The fourth-order valence-electron chi connectivity index (χ4n) is 7.61. The highest BCUT2D eigenvalue weighted by molar-refractivity contribution is 5.85. The van der Waals surface area contributed by atoms with Gasteiger partial charge < -0.3 is 24.5 Å². The van der Waals surface area contributed by atoms with Gasteiger partial charge in [-0.05, 0) is 43.4 Å². The summed E-state index contributed by atoms with van der Waals surface area (Å²) in [6.07, 6.45) is 8.33. The molecule has 6 aliphatic rings. The first-order valence-corrected chi connectivity index (χ1v) is 15.2. The van der Waals surface area contributed by atoms with Crippen LogP contribution >= 0.6 is 0 Å². The highest BCUT2D eigenvalue weighted by Gasteiger charge is 2.58. The smallest absolute Gasteiger partial charge is 0.320 e. The number of nitriles is 1. The number of aromatic nitrogens is 3. The molecule has 0 aromatic carbocycles. The van der Waals surface area contributed by atoms with Crippen LogP contribution in [-0.2, 0) is 0 Å². The van der Waals surface area contributed by atoms with Gasteiger partial charge in [-0.3, -0.25) is 4.90 Å². The average molecular weight is 569 g/mol. The Hall–Kier alpha value is -3.88. The van der Waals surface area contributed by atoms with Gasteiger partial charge in [-0.1, -0.05) is 6.92 Å². The van der Waals surface area contributed by atoms with Crippen LogP contribution in [-0.4, -0.2) is 111 Å². The van der Waals surface area contributed by atoms with E-state index in [1.54, 1.807) is 10.7 Å². The SMILES string of the molecule is C[C@@H]1CCN(C(=O)N2C3CC2CN(c2ccc(-c4cc(OCCN5CC6CC6(O)C5)cn5ncc(C#N)c45)cn2)C3)C1. The number of β-amino-alcohol motifs (C(OH)–C–C–N with tert-alkyl or cyclic N) is 1. The fraction of sp³-hybridized carbons (Fsp3) is 0.548. The van der Waals surface area contributed by atoms with Gasteiger partial charge >= 0.3 is 6.03 Å². The van der Waals surface area contributed by atoms with E-state index in [4.69, 9.17) is 9.72 Å². The van der Waals surface area contributed by atoms with Crippen molar-refractivity contribution in [3.8, 4) is 22.9 Å². The van der Waals surface area contributed by atoms with Crippen molar-refractivity contribution in [2.45, 2.75) is 43.9 Å². The zero-order valence-corrected chi connectivity index (χ0v) is 23.9. The molecular weight excluding hydrogens is 532 g/mol. The maximum atomic E-state index is 13.1. The van der Waals surface area contributed by atoms with Crippen molar-refractivity contribution in [2.24, 2.45) is 11.8 Å². The Morgan fingerprint density at radius 1 is 1.21 bits per heavy atom. The van der Waals surface area contributed by atoms with E-state index in [-0.39, 0.29) is 18.1 Å². The number of aliphatic hydroxyl groups is 1. The summed E-state index contributed by atoms with van der Waals surface area (Å²) < 4.78 is 7.84. The number of piperidine rings is 2. The van der Waals surface area contributed by atoms with Crippen molar-refractivity contribution >= 4 is 17.4 Å². The van der Waals surface area contributed by atoms with Crippen LogP contribution in [0.3, 0.4) is 0 Å². The maximum absolute atomic E-state index is 13.1. The van der Waals surface area contributed by atoms with Crippen LogP contribution in [0.1, 0.15) is 31.7 Å². The molecule has 5 aliphatic heterocycles. The number of nitrogens with zero attached hydrogens (tertiary/aromatic N) is 8. The molecule has 1 N–H and O–H groups in total. The second kappa shape index (κ2) is 9.57. The molecular formula is C31H36N8O3. The summed E-state index contributed by atoms with van der Waals surface area (Å²) in [5, 5.41) is 24.5. The minimum atomic E-state index is -0.466. The number of likely N-dealkylation sites (tertiary alicyclic amines) is 2. The van der Waals surface area contributed by atoms with Gasteiger partial charge in [-0.25, -0.2) is 14.3 Å². The molecule has 9 rings (SSSR count). The number of urea groups is 1. The quantitative estimate of drug-likeness (QED) is 0.483. The largest absolute Gasteiger partial charge is 0.491 e. The number of fused-ring (bicyclic) bond motifs is 4. The Morgan fingerprint density at radius 3 is 2.76 bits per heavy atom. The number of hydrogen-bond donors (Lipinski definition) is 1. The van der Waals surface area contributed by atoms with Gasteiger partial charge in [-0.2, -0.15) is 10.4 Å². The molecule has 11 heteroatoms. The topological polar surface area (TPSA) is 113 Å². The third-order valence-electron chi connectivity index (χ3n) is 10.1. The Labute approximate surface area is 244 Å². The lowest BCUT2D eigenvalue weighted by atomic mass is 9.87. The molecule has 2 amide bonds. The Bertz CT molecular complexity index is 1570.